The second-order valence-electron chi connectivity index (χ2n) is 5.37. The molecule has 1 heterocycles. The quantitative estimate of drug-likeness (QED) is 0.655. The number of fused-ring (bicyclic) bond motifs is 1. The molecule has 3 nitrogen and oxygen atoms in total. The highest BCUT2D eigenvalue weighted by atomic mass is 16.5. The van der Waals surface area contributed by atoms with E-state index in [1.165, 1.54) is 0 Å². The number of ketones is 1. The molecule has 3 heteroatoms. The molecule has 1 aliphatic rings. The van der Waals surface area contributed by atoms with Gasteiger partial charge in [0, 0.05) is 17.5 Å². The molecule has 0 fully saturated rings. The number of Topliss-reactive ketones (excluding diaryl/α,β-unsaturated/α-hetero) is 1. The fraction of sp³-hybridized carbons (Fsp3) is 0.0500. The van der Waals surface area contributed by atoms with Crippen LogP contribution in [0.25, 0.3) is 17.4 Å². The van der Waals surface area contributed by atoms with Crippen LogP contribution in [0.5, 0.6) is 11.5 Å². The molecule has 23 heavy (non-hydrogen) atoms. The first-order valence-corrected chi connectivity index (χ1v) is 7.46. The van der Waals surface area contributed by atoms with E-state index in [1.54, 1.807) is 0 Å². The highest BCUT2D eigenvalue weighted by Crippen LogP contribution is 2.32. The molecule has 0 saturated carbocycles. The molecular formula is C20H14O3. The first kappa shape index (κ1) is 13.6. The minimum atomic E-state index is 0.0189. The van der Waals surface area contributed by atoms with E-state index in [-0.39, 0.29) is 5.78 Å². The SMILES string of the molecule is O=C1CC=Cc2cc(-c3cccc(Oc4ccccc4)c3)oc21. The molecule has 1 aliphatic carbocycles. The lowest BCUT2D eigenvalue weighted by Gasteiger charge is -2.06. The Labute approximate surface area is 133 Å². The fourth-order valence-corrected chi connectivity index (χ4v) is 2.61. The summed E-state index contributed by atoms with van der Waals surface area (Å²) in [6, 6.07) is 19.2. The number of benzene rings is 2. The number of carbonyl (C=O) groups excluding carboxylic acids is 1. The van der Waals surface area contributed by atoms with Crippen LogP contribution in [0.15, 0.2) is 71.2 Å². The summed E-state index contributed by atoms with van der Waals surface area (Å²) in [5.41, 5.74) is 1.72. The molecule has 0 bridgehead atoms. The maximum Gasteiger partial charge on any atom is 0.202 e. The number of furan rings is 1. The van der Waals surface area contributed by atoms with Crippen molar-refractivity contribution in [3.63, 3.8) is 0 Å². The van der Waals surface area contributed by atoms with Gasteiger partial charge in [0.1, 0.15) is 17.3 Å². The van der Waals surface area contributed by atoms with Crippen molar-refractivity contribution in [1.29, 1.82) is 0 Å². The van der Waals surface area contributed by atoms with Crippen molar-refractivity contribution in [2.45, 2.75) is 6.42 Å². The van der Waals surface area contributed by atoms with Gasteiger partial charge in [-0.05, 0) is 30.3 Å². The second kappa shape index (κ2) is 5.61. The van der Waals surface area contributed by atoms with Crippen molar-refractivity contribution in [2.75, 3.05) is 0 Å². The molecule has 0 aliphatic heterocycles. The van der Waals surface area contributed by atoms with E-state index >= 15 is 0 Å². The lowest BCUT2D eigenvalue weighted by atomic mass is 10.0. The van der Waals surface area contributed by atoms with Crippen LogP contribution in [0.4, 0.5) is 0 Å². The predicted octanol–water partition coefficient (Wildman–Crippen LogP) is 5.34. The first-order valence-electron chi connectivity index (χ1n) is 7.46. The van der Waals surface area contributed by atoms with Crippen molar-refractivity contribution in [3.05, 3.63) is 78.1 Å². The minimum Gasteiger partial charge on any atom is -0.457 e. The first-order chi connectivity index (χ1) is 11.3. The number of carbonyl (C=O) groups is 1. The zero-order valence-corrected chi connectivity index (χ0v) is 12.4. The van der Waals surface area contributed by atoms with Crippen molar-refractivity contribution < 1.29 is 13.9 Å². The molecule has 0 atom stereocenters. The summed E-state index contributed by atoms with van der Waals surface area (Å²) in [7, 11) is 0. The zero-order valence-electron chi connectivity index (χ0n) is 12.4. The van der Waals surface area contributed by atoms with Crippen molar-refractivity contribution in [3.8, 4) is 22.8 Å². The Morgan fingerprint density at radius 1 is 0.913 bits per heavy atom. The third-order valence-corrected chi connectivity index (χ3v) is 3.71. The Bertz CT molecular complexity index is 888. The molecule has 4 rings (SSSR count). The fourth-order valence-electron chi connectivity index (χ4n) is 2.61. The van der Waals surface area contributed by atoms with Crippen molar-refractivity contribution in [2.24, 2.45) is 0 Å². The zero-order chi connectivity index (χ0) is 15.6. The van der Waals surface area contributed by atoms with Crippen LogP contribution in [0, 0.1) is 0 Å². The van der Waals surface area contributed by atoms with Gasteiger partial charge in [0.25, 0.3) is 0 Å². The Morgan fingerprint density at radius 3 is 2.57 bits per heavy atom. The van der Waals surface area contributed by atoms with Gasteiger partial charge in [-0.25, -0.2) is 0 Å². The number of para-hydroxylation sites is 1. The lowest BCUT2D eigenvalue weighted by molar-refractivity contribution is 0.0968. The number of allylic oxidation sites excluding steroid dienone is 1. The molecule has 112 valence electrons. The number of hydrogen-bond donors (Lipinski definition) is 0. The van der Waals surface area contributed by atoms with E-state index in [4.69, 9.17) is 9.15 Å². The van der Waals surface area contributed by atoms with E-state index in [1.807, 2.05) is 72.8 Å². The smallest absolute Gasteiger partial charge is 0.202 e. The van der Waals surface area contributed by atoms with Gasteiger partial charge in [-0.1, -0.05) is 42.5 Å². The van der Waals surface area contributed by atoms with Crippen molar-refractivity contribution >= 4 is 11.9 Å². The van der Waals surface area contributed by atoms with Crippen LogP contribution in [0.2, 0.25) is 0 Å². The maximum atomic E-state index is 11.9. The molecule has 0 spiro atoms. The normalized spacial score (nSPS) is 13.0. The van der Waals surface area contributed by atoms with Gasteiger partial charge in [-0.15, -0.1) is 0 Å². The summed E-state index contributed by atoms with van der Waals surface area (Å²) in [5, 5.41) is 0. The highest BCUT2D eigenvalue weighted by molar-refractivity contribution is 6.01. The monoisotopic (exact) mass is 302 g/mol. The number of ether oxygens (including phenoxy) is 1. The Hall–Kier alpha value is -3.07. The van der Waals surface area contributed by atoms with Gasteiger partial charge >= 0.3 is 0 Å². The molecular weight excluding hydrogens is 288 g/mol. The van der Waals surface area contributed by atoms with Crippen LogP contribution in [0.3, 0.4) is 0 Å². The van der Waals surface area contributed by atoms with Crippen LogP contribution < -0.4 is 4.74 Å². The molecule has 0 N–H and O–H groups in total. The summed E-state index contributed by atoms with van der Waals surface area (Å²) in [6.45, 7) is 0. The van der Waals surface area contributed by atoms with Gasteiger partial charge < -0.3 is 9.15 Å². The topological polar surface area (TPSA) is 39.4 Å². The van der Waals surface area contributed by atoms with E-state index in [0.29, 0.717) is 17.9 Å². The summed E-state index contributed by atoms with van der Waals surface area (Å²) in [5.74, 6) is 2.64. The summed E-state index contributed by atoms with van der Waals surface area (Å²) >= 11 is 0. The molecule has 2 aromatic carbocycles. The van der Waals surface area contributed by atoms with Crippen LogP contribution in [0.1, 0.15) is 22.5 Å². The van der Waals surface area contributed by atoms with Gasteiger partial charge in [0.2, 0.25) is 5.78 Å². The molecule has 0 amide bonds. The van der Waals surface area contributed by atoms with E-state index < -0.39 is 0 Å². The van der Waals surface area contributed by atoms with Gasteiger partial charge in [-0.3, -0.25) is 4.79 Å². The van der Waals surface area contributed by atoms with Crippen LogP contribution >= 0.6 is 0 Å². The van der Waals surface area contributed by atoms with Gasteiger partial charge in [-0.2, -0.15) is 0 Å². The van der Waals surface area contributed by atoms with E-state index in [0.717, 1.165) is 22.6 Å². The minimum absolute atomic E-state index is 0.0189. The molecule has 0 saturated heterocycles. The molecule has 0 unspecified atom stereocenters. The molecule has 0 radical (unpaired) electrons. The van der Waals surface area contributed by atoms with Gasteiger partial charge in [0.05, 0.1) is 0 Å². The van der Waals surface area contributed by atoms with E-state index in [2.05, 4.69) is 0 Å². The standard InChI is InChI=1S/C20H14O3/c21-18-11-5-7-15-13-19(23-20(15)18)14-6-4-10-17(12-14)22-16-8-2-1-3-9-16/h1-10,12-13H,11H2. The van der Waals surface area contributed by atoms with E-state index in [9.17, 15) is 4.79 Å². The van der Waals surface area contributed by atoms with Crippen LogP contribution in [-0.2, 0) is 0 Å². The third kappa shape index (κ3) is 2.69. The third-order valence-electron chi connectivity index (χ3n) is 3.71. The average molecular weight is 302 g/mol. The Balaban J connectivity index is 1.67. The predicted molar refractivity (Wildman–Crippen MR) is 88.6 cm³/mol. The summed E-state index contributed by atoms with van der Waals surface area (Å²) in [6.07, 6.45) is 4.18. The van der Waals surface area contributed by atoms with Crippen LogP contribution in [-0.4, -0.2) is 5.78 Å². The van der Waals surface area contributed by atoms with Gasteiger partial charge in [0.15, 0.2) is 5.76 Å². The lowest BCUT2D eigenvalue weighted by Crippen LogP contribution is -2.00. The second-order valence-corrected chi connectivity index (χ2v) is 5.37. The average Bonchev–Trinajstić information content (AvgIpc) is 3.02. The summed E-state index contributed by atoms with van der Waals surface area (Å²) < 4.78 is 11.6. The summed E-state index contributed by atoms with van der Waals surface area (Å²) in [4.78, 5) is 11.9. The number of hydrogen-bond acceptors (Lipinski definition) is 3. The molecule has 1 aromatic heterocycles. The Kier molecular flexibility index (Phi) is 3.31. The van der Waals surface area contributed by atoms with Crippen molar-refractivity contribution in [1.82, 2.24) is 0 Å². The number of rotatable bonds is 3. The molecule has 3 aromatic rings. The highest BCUT2D eigenvalue weighted by Gasteiger charge is 2.19. The maximum absolute atomic E-state index is 11.9. The Morgan fingerprint density at radius 2 is 1.74 bits per heavy atom. The largest absolute Gasteiger partial charge is 0.457 e.